The van der Waals surface area contributed by atoms with Gasteiger partial charge in [0.15, 0.2) is 0 Å². The van der Waals surface area contributed by atoms with Crippen molar-refractivity contribution >= 4 is 11.0 Å². The number of morpholine rings is 1. The van der Waals surface area contributed by atoms with E-state index in [1.54, 1.807) is 0 Å². The second-order valence-corrected chi connectivity index (χ2v) is 6.53. The molecule has 1 aromatic carbocycles. The van der Waals surface area contributed by atoms with Gasteiger partial charge < -0.3 is 14.3 Å². The summed E-state index contributed by atoms with van der Waals surface area (Å²) in [5.74, 6) is 0.346. The Morgan fingerprint density at radius 1 is 1.23 bits per heavy atom. The van der Waals surface area contributed by atoms with Crippen LogP contribution in [0.5, 0.6) is 0 Å². The van der Waals surface area contributed by atoms with Gasteiger partial charge >= 0.3 is 0 Å². The fourth-order valence-electron chi connectivity index (χ4n) is 4.04. The fraction of sp³-hybridized carbons (Fsp3) is 0.556. The normalized spacial score (nSPS) is 30.1. The third-order valence-electron chi connectivity index (χ3n) is 5.24. The second-order valence-electron chi connectivity index (χ2n) is 6.53. The Bertz CT molecular complexity index is 638. The van der Waals surface area contributed by atoms with E-state index in [1.165, 1.54) is 10.9 Å². The van der Waals surface area contributed by atoms with Crippen molar-refractivity contribution in [2.75, 3.05) is 19.8 Å². The molecule has 0 amide bonds. The van der Waals surface area contributed by atoms with Crippen molar-refractivity contribution in [2.45, 2.75) is 38.0 Å². The number of furan rings is 1. The topological polar surface area (TPSA) is 45.8 Å². The number of rotatable bonds is 3. The summed E-state index contributed by atoms with van der Waals surface area (Å²) in [4.78, 5) is 2.47. The van der Waals surface area contributed by atoms with Gasteiger partial charge in [-0.25, -0.2) is 0 Å². The summed E-state index contributed by atoms with van der Waals surface area (Å²) < 4.78 is 11.4. The highest BCUT2D eigenvalue weighted by molar-refractivity contribution is 5.80. The number of hydrogen-bond donors (Lipinski definition) is 1. The Morgan fingerprint density at radius 3 is 3.00 bits per heavy atom. The zero-order valence-corrected chi connectivity index (χ0v) is 12.8. The van der Waals surface area contributed by atoms with Crippen LogP contribution in [0.15, 0.2) is 34.9 Å². The van der Waals surface area contributed by atoms with Gasteiger partial charge in [0.05, 0.1) is 25.6 Å². The Balaban J connectivity index is 1.57. The van der Waals surface area contributed by atoms with E-state index in [1.807, 2.05) is 18.4 Å². The predicted octanol–water partition coefficient (Wildman–Crippen LogP) is 2.79. The van der Waals surface area contributed by atoms with Gasteiger partial charge in [0.25, 0.3) is 0 Å². The van der Waals surface area contributed by atoms with Gasteiger partial charge in [-0.05, 0) is 18.9 Å². The third kappa shape index (κ3) is 2.56. The number of aliphatic hydroxyl groups is 1. The van der Waals surface area contributed by atoms with E-state index >= 15 is 0 Å². The molecule has 1 N–H and O–H groups in total. The molecule has 1 aliphatic heterocycles. The standard InChI is InChI=1S/C18H23NO3/c20-17-6-3-5-15(17)16-12-21-9-8-19(16)10-13-11-22-18-7-2-1-4-14(13)18/h1-2,4,7,11,15-17,20H,3,5-6,8-10,12H2/t15-,16-,17-/m1/s1. The van der Waals surface area contributed by atoms with Crippen LogP contribution in [-0.2, 0) is 11.3 Å². The van der Waals surface area contributed by atoms with Gasteiger partial charge in [-0.2, -0.15) is 0 Å². The molecule has 1 aliphatic carbocycles. The molecule has 2 aliphatic rings. The molecule has 0 unspecified atom stereocenters. The molecule has 0 spiro atoms. The average Bonchev–Trinajstić information content (AvgIpc) is 3.15. The Morgan fingerprint density at radius 2 is 2.14 bits per heavy atom. The maximum Gasteiger partial charge on any atom is 0.134 e. The van der Waals surface area contributed by atoms with Crippen molar-refractivity contribution in [1.29, 1.82) is 0 Å². The van der Waals surface area contributed by atoms with Crippen molar-refractivity contribution in [3.63, 3.8) is 0 Å². The molecule has 3 atom stereocenters. The molecule has 1 aromatic heterocycles. The number of fused-ring (bicyclic) bond motifs is 1. The average molecular weight is 301 g/mol. The monoisotopic (exact) mass is 301 g/mol. The number of aliphatic hydroxyl groups excluding tert-OH is 1. The first-order valence-electron chi connectivity index (χ1n) is 8.28. The maximum atomic E-state index is 10.3. The van der Waals surface area contributed by atoms with Crippen molar-refractivity contribution < 1.29 is 14.3 Å². The molecule has 2 aromatic rings. The van der Waals surface area contributed by atoms with Crippen LogP contribution in [0.3, 0.4) is 0 Å². The molecule has 1 saturated heterocycles. The summed E-state index contributed by atoms with van der Waals surface area (Å²) in [6.07, 6.45) is 4.88. The number of para-hydroxylation sites is 1. The van der Waals surface area contributed by atoms with Crippen LogP contribution in [0.1, 0.15) is 24.8 Å². The predicted molar refractivity (Wildman–Crippen MR) is 84.6 cm³/mol. The molecule has 4 heteroatoms. The van der Waals surface area contributed by atoms with E-state index in [0.29, 0.717) is 12.0 Å². The van der Waals surface area contributed by atoms with Gasteiger partial charge in [-0.3, -0.25) is 4.90 Å². The van der Waals surface area contributed by atoms with Crippen molar-refractivity contribution in [3.05, 3.63) is 36.1 Å². The molecule has 4 nitrogen and oxygen atoms in total. The highest BCUT2D eigenvalue weighted by Crippen LogP contribution is 2.33. The summed E-state index contributed by atoms with van der Waals surface area (Å²) in [6.45, 7) is 3.30. The lowest BCUT2D eigenvalue weighted by molar-refractivity contribution is -0.0535. The van der Waals surface area contributed by atoms with E-state index < -0.39 is 0 Å². The highest BCUT2D eigenvalue weighted by atomic mass is 16.5. The Labute approximate surface area is 130 Å². The SMILES string of the molecule is O[C@@H]1CCC[C@@H]1[C@H]1COCCN1Cc1coc2ccccc12. The molecule has 1 saturated carbocycles. The van der Waals surface area contributed by atoms with E-state index in [0.717, 1.165) is 51.1 Å². The molecule has 4 rings (SSSR count). The van der Waals surface area contributed by atoms with Gasteiger partial charge in [0, 0.05) is 36.0 Å². The Hall–Kier alpha value is -1.36. The largest absolute Gasteiger partial charge is 0.464 e. The quantitative estimate of drug-likeness (QED) is 0.947. The lowest BCUT2D eigenvalue weighted by Crippen LogP contribution is -2.50. The van der Waals surface area contributed by atoms with Crippen LogP contribution in [0.25, 0.3) is 11.0 Å². The molecule has 22 heavy (non-hydrogen) atoms. The van der Waals surface area contributed by atoms with Crippen LogP contribution < -0.4 is 0 Å². The van der Waals surface area contributed by atoms with E-state index in [4.69, 9.17) is 9.15 Å². The molecule has 0 radical (unpaired) electrons. The molecule has 2 heterocycles. The zero-order valence-electron chi connectivity index (χ0n) is 12.8. The number of benzene rings is 1. The molecule has 118 valence electrons. The van der Waals surface area contributed by atoms with Crippen LogP contribution in [0.2, 0.25) is 0 Å². The van der Waals surface area contributed by atoms with Gasteiger partial charge in [0.1, 0.15) is 5.58 Å². The summed E-state index contributed by atoms with van der Waals surface area (Å²) in [5, 5.41) is 11.5. The summed E-state index contributed by atoms with van der Waals surface area (Å²) in [5.41, 5.74) is 2.18. The maximum absolute atomic E-state index is 10.3. The van der Waals surface area contributed by atoms with E-state index in [-0.39, 0.29) is 6.10 Å². The van der Waals surface area contributed by atoms with Crippen LogP contribution in [-0.4, -0.2) is 41.9 Å². The summed E-state index contributed by atoms with van der Waals surface area (Å²) in [7, 11) is 0. The number of ether oxygens (including phenoxy) is 1. The van der Waals surface area contributed by atoms with Crippen LogP contribution in [0.4, 0.5) is 0 Å². The minimum absolute atomic E-state index is 0.171. The molecule has 2 fully saturated rings. The summed E-state index contributed by atoms with van der Waals surface area (Å²) >= 11 is 0. The van der Waals surface area contributed by atoms with Crippen LogP contribution in [0, 0.1) is 5.92 Å². The minimum Gasteiger partial charge on any atom is -0.464 e. The second kappa shape index (κ2) is 6.03. The number of nitrogens with zero attached hydrogens (tertiary/aromatic N) is 1. The first-order chi connectivity index (χ1) is 10.8. The molecule has 0 bridgehead atoms. The van der Waals surface area contributed by atoms with E-state index in [2.05, 4.69) is 17.0 Å². The van der Waals surface area contributed by atoms with Gasteiger partial charge in [0.2, 0.25) is 0 Å². The van der Waals surface area contributed by atoms with Crippen molar-refractivity contribution in [3.8, 4) is 0 Å². The lowest BCUT2D eigenvalue weighted by atomic mass is 9.94. The number of hydrogen-bond acceptors (Lipinski definition) is 4. The molecular formula is C18H23NO3. The zero-order chi connectivity index (χ0) is 14.9. The third-order valence-corrected chi connectivity index (χ3v) is 5.24. The summed E-state index contributed by atoms with van der Waals surface area (Å²) in [6, 6.07) is 8.51. The first kappa shape index (κ1) is 14.2. The fourth-order valence-corrected chi connectivity index (χ4v) is 4.04. The van der Waals surface area contributed by atoms with E-state index in [9.17, 15) is 5.11 Å². The van der Waals surface area contributed by atoms with Crippen molar-refractivity contribution in [1.82, 2.24) is 4.90 Å². The molecular weight excluding hydrogens is 278 g/mol. The smallest absolute Gasteiger partial charge is 0.134 e. The van der Waals surface area contributed by atoms with Gasteiger partial charge in [-0.1, -0.05) is 24.6 Å². The van der Waals surface area contributed by atoms with Crippen LogP contribution >= 0.6 is 0 Å². The van der Waals surface area contributed by atoms with Gasteiger partial charge in [-0.15, -0.1) is 0 Å². The lowest BCUT2D eigenvalue weighted by Gasteiger charge is -2.40. The van der Waals surface area contributed by atoms with Crippen molar-refractivity contribution in [2.24, 2.45) is 5.92 Å². The minimum atomic E-state index is -0.171. The highest BCUT2D eigenvalue weighted by Gasteiger charge is 2.37. The first-order valence-corrected chi connectivity index (χ1v) is 8.28. The Kier molecular flexibility index (Phi) is 3.90.